The average Bonchev–Trinajstić information content (AvgIpc) is 3.43. The van der Waals surface area contributed by atoms with Crippen LogP contribution in [0.3, 0.4) is 0 Å². The molecule has 1 fully saturated rings. The molecule has 8 heteroatoms. The predicted octanol–water partition coefficient (Wildman–Crippen LogP) is 4.36. The summed E-state index contributed by atoms with van der Waals surface area (Å²) in [7, 11) is 0. The minimum Gasteiger partial charge on any atom is -0.335 e. The molecule has 166 valence electrons. The molecule has 0 radical (unpaired) electrons. The molecule has 1 saturated carbocycles. The third-order valence-electron chi connectivity index (χ3n) is 6.15. The fourth-order valence-corrected chi connectivity index (χ4v) is 5.60. The van der Waals surface area contributed by atoms with Crippen molar-refractivity contribution in [2.45, 2.75) is 44.7 Å². The van der Waals surface area contributed by atoms with E-state index in [1.165, 1.54) is 24.2 Å². The zero-order chi connectivity index (χ0) is 21.9. The minimum absolute atomic E-state index is 0.0244. The molecular weight excluding hydrogens is 422 g/mol. The maximum Gasteiger partial charge on any atom is 0.321 e. The van der Waals surface area contributed by atoms with Crippen molar-refractivity contribution in [2.24, 2.45) is 0 Å². The maximum absolute atomic E-state index is 12.7. The van der Waals surface area contributed by atoms with Gasteiger partial charge in [-0.05, 0) is 24.3 Å². The SMILES string of the molecule is O=C(CN1CCc2nc(NC(=O)NC3CCCC3)sc2C1)Nc1cccc2ccccc12. The van der Waals surface area contributed by atoms with E-state index in [1.807, 2.05) is 42.5 Å². The lowest BCUT2D eigenvalue weighted by Gasteiger charge is -2.25. The van der Waals surface area contributed by atoms with Gasteiger partial charge in [-0.1, -0.05) is 49.2 Å². The third kappa shape index (κ3) is 4.76. The number of thiazole rings is 1. The van der Waals surface area contributed by atoms with Gasteiger partial charge in [0.2, 0.25) is 5.91 Å². The van der Waals surface area contributed by atoms with Crippen LogP contribution in [-0.2, 0) is 17.8 Å². The first kappa shape index (κ1) is 20.9. The Kier molecular flexibility index (Phi) is 6.05. The lowest BCUT2D eigenvalue weighted by Crippen LogP contribution is -2.36. The van der Waals surface area contributed by atoms with Crippen LogP contribution in [0, 0.1) is 0 Å². The van der Waals surface area contributed by atoms with Gasteiger partial charge in [-0.15, -0.1) is 11.3 Å². The number of aromatic nitrogens is 1. The smallest absolute Gasteiger partial charge is 0.321 e. The monoisotopic (exact) mass is 449 g/mol. The maximum atomic E-state index is 12.7. The van der Waals surface area contributed by atoms with Crippen molar-refractivity contribution < 1.29 is 9.59 Å². The van der Waals surface area contributed by atoms with E-state index in [0.717, 1.165) is 52.8 Å². The zero-order valence-electron chi connectivity index (χ0n) is 17.9. The molecule has 3 N–H and O–H groups in total. The number of carbonyl (C=O) groups excluding carboxylic acids is 2. The van der Waals surface area contributed by atoms with Crippen LogP contribution < -0.4 is 16.0 Å². The van der Waals surface area contributed by atoms with Crippen molar-refractivity contribution in [3.05, 3.63) is 53.0 Å². The lowest BCUT2D eigenvalue weighted by atomic mass is 10.1. The van der Waals surface area contributed by atoms with Gasteiger partial charge in [-0.2, -0.15) is 0 Å². The Morgan fingerprint density at radius 3 is 2.75 bits per heavy atom. The summed E-state index contributed by atoms with van der Waals surface area (Å²) in [5, 5.41) is 11.8. The summed E-state index contributed by atoms with van der Waals surface area (Å²) in [5.41, 5.74) is 1.86. The Morgan fingerprint density at radius 2 is 1.88 bits per heavy atom. The number of hydrogen-bond acceptors (Lipinski definition) is 5. The minimum atomic E-state index is -0.172. The number of urea groups is 1. The summed E-state index contributed by atoms with van der Waals surface area (Å²) in [5.74, 6) is -0.0244. The van der Waals surface area contributed by atoms with Crippen molar-refractivity contribution in [3.63, 3.8) is 0 Å². The van der Waals surface area contributed by atoms with Crippen LogP contribution in [0.5, 0.6) is 0 Å². The number of fused-ring (bicyclic) bond motifs is 2. The number of nitrogens with one attached hydrogen (secondary N) is 3. The first-order valence-electron chi connectivity index (χ1n) is 11.2. The Morgan fingerprint density at radius 1 is 1.06 bits per heavy atom. The quantitative estimate of drug-likeness (QED) is 0.540. The zero-order valence-corrected chi connectivity index (χ0v) is 18.7. The highest BCUT2D eigenvalue weighted by molar-refractivity contribution is 7.15. The van der Waals surface area contributed by atoms with Crippen molar-refractivity contribution in [1.82, 2.24) is 15.2 Å². The molecule has 1 aliphatic carbocycles. The Labute approximate surface area is 191 Å². The molecule has 0 saturated heterocycles. The number of nitrogens with zero attached hydrogens (tertiary/aromatic N) is 2. The molecule has 32 heavy (non-hydrogen) atoms. The fourth-order valence-electron chi connectivity index (χ4n) is 4.55. The molecule has 7 nitrogen and oxygen atoms in total. The summed E-state index contributed by atoms with van der Waals surface area (Å²) in [6.07, 6.45) is 5.25. The van der Waals surface area contributed by atoms with E-state index in [4.69, 9.17) is 0 Å². The van der Waals surface area contributed by atoms with Crippen LogP contribution in [0.4, 0.5) is 15.6 Å². The number of benzene rings is 2. The summed E-state index contributed by atoms with van der Waals surface area (Å²) in [4.78, 5) is 32.8. The molecule has 0 unspecified atom stereocenters. The van der Waals surface area contributed by atoms with E-state index in [9.17, 15) is 9.59 Å². The van der Waals surface area contributed by atoms with Crippen molar-refractivity contribution in [2.75, 3.05) is 23.7 Å². The average molecular weight is 450 g/mol. The van der Waals surface area contributed by atoms with Gasteiger partial charge in [0.1, 0.15) is 0 Å². The standard InChI is InChI=1S/C24H27N5O2S/c30-22(26-19-11-5-7-16-6-1-4-10-18(16)19)15-29-13-12-20-21(14-29)32-24(27-20)28-23(31)25-17-8-2-3-9-17/h1,4-7,10-11,17H,2-3,8-9,12-15H2,(H,26,30)(H2,25,27,28,31). The number of rotatable bonds is 5. The van der Waals surface area contributed by atoms with E-state index in [-0.39, 0.29) is 18.0 Å². The second-order valence-corrected chi connectivity index (χ2v) is 9.59. The number of anilines is 2. The lowest BCUT2D eigenvalue weighted by molar-refractivity contribution is -0.117. The predicted molar refractivity (Wildman–Crippen MR) is 128 cm³/mol. The summed E-state index contributed by atoms with van der Waals surface area (Å²) in [6, 6.07) is 14.1. The molecule has 0 atom stereocenters. The molecule has 3 amide bonds. The summed E-state index contributed by atoms with van der Waals surface area (Å²) >= 11 is 1.50. The van der Waals surface area contributed by atoms with Gasteiger partial charge >= 0.3 is 6.03 Å². The van der Waals surface area contributed by atoms with Crippen LogP contribution in [0.15, 0.2) is 42.5 Å². The van der Waals surface area contributed by atoms with Gasteiger partial charge in [0.05, 0.1) is 12.2 Å². The van der Waals surface area contributed by atoms with Gasteiger partial charge in [-0.3, -0.25) is 15.0 Å². The van der Waals surface area contributed by atoms with Crippen LogP contribution in [0.2, 0.25) is 0 Å². The van der Waals surface area contributed by atoms with Crippen LogP contribution >= 0.6 is 11.3 Å². The highest BCUT2D eigenvalue weighted by atomic mass is 32.1. The van der Waals surface area contributed by atoms with E-state index in [2.05, 4.69) is 25.8 Å². The number of carbonyl (C=O) groups is 2. The molecular formula is C24H27N5O2S. The molecule has 2 aromatic carbocycles. The largest absolute Gasteiger partial charge is 0.335 e. The number of hydrogen-bond donors (Lipinski definition) is 3. The Balaban J connectivity index is 1.17. The van der Waals surface area contributed by atoms with E-state index in [0.29, 0.717) is 18.2 Å². The summed E-state index contributed by atoms with van der Waals surface area (Å²) in [6.45, 7) is 1.76. The van der Waals surface area contributed by atoms with Gasteiger partial charge in [0.15, 0.2) is 5.13 Å². The van der Waals surface area contributed by atoms with Crippen molar-refractivity contribution in [3.8, 4) is 0 Å². The molecule has 0 spiro atoms. The first-order chi connectivity index (χ1) is 15.6. The Bertz CT molecular complexity index is 1130. The highest BCUT2D eigenvalue weighted by Gasteiger charge is 2.24. The summed E-state index contributed by atoms with van der Waals surface area (Å²) < 4.78 is 0. The van der Waals surface area contributed by atoms with Crippen molar-refractivity contribution in [1.29, 1.82) is 0 Å². The number of amides is 3. The van der Waals surface area contributed by atoms with E-state index < -0.39 is 0 Å². The van der Waals surface area contributed by atoms with Gasteiger partial charge in [0, 0.05) is 41.5 Å². The molecule has 2 heterocycles. The van der Waals surface area contributed by atoms with Gasteiger partial charge in [0.25, 0.3) is 0 Å². The van der Waals surface area contributed by atoms with Crippen molar-refractivity contribution >= 4 is 44.9 Å². The first-order valence-corrected chi connectivity index (χ1v) is 12.0. The molecule has 1 aliphatic heterocycles. The van der Waals surface area contributed by atoms with Crippen LogP contribution in [-0.4, -0.2) is 41.0 Å². The van der Waals surface area contributed by atoms with Gasteiger partial charge in [-0.25, -0.2) is 9.78 Å². The third-order valence-corrected chi connectivity index (χ3v) is 7.15. The molecule has 3 aromatic rings. The van der Waals surface area contributed by atoms with Crippen LogP contribution in [0.25, 0.3) is 10.8 Å². The van der Waals surface area contributed by atoms with E-state index >= 15 is 0 Å². The molecule has 0 bridgehead atoms. The highest BCUT2D eigenvalue weighted by Crippen LogP contribution is 2.29. The van der Waals surface area contributed by atoms with Gasteiger partial charge < -0.3 is 10.6 Å². The molecule has 5 rings (SSSR count). The van der Waals surface area contributed by atoms with E-state index in [1.54, 1.807) is 0 Å². The fraction of sp³-hybridized carbons (Fsp3) is 0.375. The normalized spacial score (nSPS) is 16.6. The topological polar surface area (TPSA) is 86.4 Å². The second kappa shape index (κ2) is 9.26. The second-order valence-electron chi connectivity index (χ2n) is 8.50. The molecule has 1 aromatic heterocycles. The molecule has 2 aliphatic rings. The van der Waals surface area contributed by atoms with Crippen LogP contribution in [0.1, 0.15) is 36.3 Å². The Hall–Kier alpha value is -2.97.